The Morgan fingerprint density at radius 1 is 1.00 bits per heavy atom. The third-order valence-electron chi connectivity index (χ3n) is 5.35. The van der Waals surface area contributed by atoms with Crippen LogP contribution in [0, 0.1) is 10.1 Å². The monoisotopic (exact) mass is 420 g/mol. The molecule has 1 aliphatic rings. The lowest BCUT2D eigenvalue weighted by molar-refractivity contribution is -0.384. The molecule has 10 nitrogen and oxygen atoms in total. The van der Waals surface area contributed by atoms with Crippen molar-refractivity contribution in [1.29, 1.82) is 0 Å². The molecule has 0 aliphatic carbocycles. The van der Waals surface area contributed by atoms with Crippen LogP contribution in [-0.4, -0.2) is 51.0 Å². The van der Waals surface area contributed by atoms with Crippen LogP contribution in [-0.2, 0) is 0 Å². The van der Waals surface area contributed by atoms with E-state index in [0.29, 0.717) is 30.5 Å². The van der Waals surface area contributed by atoms with Crippen molar-refractivity contribution in [3.8, 4) is 0 Å². The van der Waals surface area contributed by atoms with Crippen LogP contribution >= 0.6 is 0 Å². The van der Waals surface area contributed by atoms with Crippen LogP contribution in [0.2, 0.25) is 0 Å². The maximum Gasteiger partial charge on any atom is 0.292 e. The van der Waals surface area contributed by atoms with Crippen LogP contribution in [0.5, 0.6) is 0 Å². The number of nitro benzene ring substituents is 1. The molecule has 3 N–H and O–H groups in total. The van der Waals surface area contributed by atoms with Gasteiger partial charge in [-0.2, -0.15) is 15.0 Å². The molecule has 0 radical (unpaired) electrons. The first kappa shape index (κ1) is 20.5. The summed E-state index contributed by atoms with van der Waals surface area (Å²) in [5.41, 5.74) is 7.58. The third kappa shape index (κ3) is 4.69. The maximum absolute atomic E-state index is 11.3. The highest BCUT2D eigenvalue weighted by atomic mass is 16.6. The summed E-state index contributed by atoms with van der Waals surface area (Å²) in [6, 6.07) is 16.4. The highest BCUT2D eigenvalue weighted by Gasteiger charge is 2.27. The Morgan fingerprint density at radius 3 is 2.39 bits per heavy atom. The van der Waals surface area contributed by atoms with Gasteiger partial charge in [0.25, 0.3) is 5.69 Å². The molecule has 10 heteroatoms. The average Bonchev–Trinajstić information content (AvgIpc) is 2.79. The molecular weight excluding hydrogens is 396 g/mol. The van der Waals surface area contributed by atoms with Crippen molar-refractivity contribution >= 4 is 29.0 Å². The van der Waals surface area contributed by atoms with Gasteiger partial charge in [-0.1, -0.05) is 30.3 Å². The van der Waals surface area contributed by atoms with E-state index in [2.05, 4.69) is 25.2 Å². The van der Waals surface area contributed by atoms with Crippen LogP contribution < -0.4 is 16.0 Å². The highest BCUT2D eigenvalue weighted by molar-refractivity contribution is 5.63. The van der Waals surface area contributed by atoms with Crippen molar-refractivity contribution in [2.75, 3.05) is 42.1 Å². The number of nitrogens with zero attached hydrogens (tertiary/aromatic N) is 6. The molecule has 0 amide bonds. The fraction of sp³-hybridized carbons (Fsp3) is 0.286. The smallest absolute Gasteiger partial charge is 0.292 e. The van der Waals surface area contributed by atoms with Gasteiger partial charge in [0.1, 0.15) is 5.69 Å². The predicted molar refractivity (Wildman–Crippen MR) is 119 cm³/mol. The first-order valence-corrected chi connectivity index (χ1v) is 10.1. The van der Waals surface area contributed by atoms with Crippen LogP contribution in [0.3, 0.4) is 0 Å². The van der Waals surface area contributed by atoms with Crippen molar-refractivity contribution in [3.05, 3.63) is 70.5 Å². The van der Waals surface area contributed by atoms with Gasteiger partial charge in [-0.3, -0.25) is 15.0 Å². The molecule has 0 saturated carbocycles. The molecule has 2 heterocycles. The standard InChI is InChI=1S/C21H24N8O2/c1-15(19-24-20(22)26-21(25-19)23-16-7-3-2-4-8-16)27-11-13-28(14-12-27)17-9-5-6-10-18(17)29(30)31/h2-10,15H,11-14H2,1H3,(H3,22,23,24,25,26). The number of hydrogen-bond donors (Lipinski definition) is 2. The van der Waals surface area contributed by atoms with Gasteiger partial charge in [0, 0.05) is 37.9 Å². The van der Waals surface area contributed by atoms with Gasteiger partial charge >= 0.3 is 0 Å². The minimum atomic E-state index is -0.334. The number of aromatic nitrogens is 3. The van der Waals surface area contributed by atoms with Gasteiger partial charge < -0.3 is 16.0 Å². The molecule has 3 aromatic rings. The second-order valence-electron chi connectivity index (χ2n) is 7.31. The molecule has 1 aromatic heterocycles. The zero-order valence-electron chi connectivity index (χ0n) is 17.2. The largest absolute Gasteiger partial charge is 0.368 e. The summed E-state index contributed by atoms with van der Waals surface area (Å²) in [4.78, 5) is 28.4. The summed E-state index contributed by atoms with van der Waals surface area (Å²) in [5.74, 6) is 1.15. The Hall–Kier alpha value is -3.79. The normalized spacial score (nSPS) is 15.5. The first-order valence-electron chi connectivity index (χ1n) is 10.1. The van der Waals surface area contributed by atoms with E-state index >= 15 is 0 Å². The van der Waals surface area contributed by atoms with E-state index < -0.39 is 0 Å². The Bertz CT molecular complexity index is 1050. The summed E-state index contributed by atoms with van der Waals surface area (Å²) in [6.07, 6.45) is 0. The number of nitro groups is 1. The fourth-order valence-corrected chi connectivity index (χ4v) is 3.70. The van der Waals surface area contributed by atoms with E-state index in [4.69, 9.17) is 5.73 Å². The molecule has 1 saturated heterocycles. The van der Waals surface area contributed by atoms with Gasteiger partial charge in [0.05, 0.1) is 11.0 Å². The van der Waals surface area contributed by atoms with Crippen molar-refractivity contribution in [2.24, 2.45) is 0 Å². The lowest BCUT2D eigenvalue weighted by Gasteiger charge is -2.38. The molecule has 4 rings (SSSR count). The minimum absolute atomic E-state index is 0.0745. The molecule has 0 bridgehead atoms. The molecule has 2 aromatic carbocycles. The summed E-state index contributed by atoms with van der Waals surface area (Å²) < 4.78 is 0. The number of nitrogens with one attached hydrogen (secondary N) is 1. The predicted octanol–water partition coefficient (Wildman–Crippen LogP) is 2.99. The van der Waals surface area contributed by atoms with Crippen LogP contribution in [0.15, 0.2) is 54.6 Å². The van der Waals surface area contributed by atoms with E-state index in [0.717, 1.165) is 18.8 Å². The van der Waals surface area contributed by atoms with Gasteiger partial charge in [0.2, 0.25) is 11.9 Å². The van der Waals surface area contributed by atoms with Crippen molar-refractivity contribution in [3.63, 3.8) is 0 Å². The number of piperazine rings is 1. The second-order valence-corrected chi connectivity index (χ2v) is 7.31. The SMILES string of the molecule is CC(c1nc(N)nc(Nc2ccccc2)n1)N1CCN(c2ccccc2[N+](=O)[O-])CC1. The number of nitrogens with two attached hydrogens (primary N) is 1. The van der Waals surface area contributed by atoms with Gasteiger partial charge in [-0.25, -0.2) is 0 Å². The van der Waals surface area contributed by atoms with Crippen molar-refractivity contribution in [1.82, 2.24) is 19.9 Å². The van der Waals surface area contributed by atoms with Gasteiger partial charge in [-0.15, -0.1) is 0 Å². The molecule has 1 fully saturated rings. The fourth-order valence-electron chi connectivity index (χ4n) is 3.70. The number of nitrogen functional groups attached to an aromatic ring is 1. The Balaban J connectivity index is 1.45. The zero-order chi connectivity index (χ0) is 21.8. The van der Waals surface area contributed by atoms with Crippen LogP contribution in [0.4, 0.5) is 29.0 Å². The molecule has 31 heavy (non-hydrogen) atoms. The minimum Gasteiger partial charge on any atom is -0.368 e. The Morgan fingerprint density at radius 2 is 1.68 bits per heavy atom. The highest BCUT2D eigenvalue weighted by Crippen LogP contribution is 2.29. The molecule has 1 unspecified atom stereocenters. The summed E-state index contributed by atoms with van der Waals surface area (Å²) in [7, 11) is 0. The van der Waals surface area contributed by atoms with Crippen molar-refractivity contribution < 1.29 is 4.92 Å². The lowest BCUT2D eigenvalue weighted by Crippen LogP contribution is -2.47. The number of para-hydroxylation sites is 3. The quantitative estimate of drug-likeness (QED) is 0.457. The molecular formula is C21H24N8O2. The van der Waals surface area contributed by atoms with Gasteiger partial charge in [0.15, 0.2) is 5.82 Å². The Kier molecular flexibility index (Phi) is 5.89. The first-order chi connectivity index (χ1) is 15.0. The number of hydrogen-bond acceptors (Lipinski definition) is 9. The molecule has 0 spiro atoms. The maximum atomic E-state index is 11.3. The van der Waals surface area contributed by atoms with E-state index in [1.165, 1.54) is 0 Å². The zero-order valence-corrected chi connectivity index (χ0v) is 17.2. The van der Waals surface area contributed by atoms with Crippen LogP contribution in [0.1, 0.15) is 18.8 Å². The number of benzene rings is 2. The number of anilines is 4. The molecule has 1 atom stereocenters. The molecule has 1 aliphatic heterocycles. The van der Waals surface area contributed by atoms with E-state index in [1.54, 1.807) is 18.2 Å². The van der Waals surface area contributed by atoms with E-state index in [9.17, 15) is 10.1 Å². The average molecular weight is 420 g/mol. The molecule has 160 valence electrons. The topological polar surface area (TPSA) is 126 Å². The van der Waals surface area contributed by atoms with Gasteiger partial charge in [-0.05, 0) is 25.1 Å². The second kappa shape index (κ2) is 8.92. The third-order valence-corrected chi connectivity index (χ3v) is 5.35. The van der Waals surface area contributed by atoms with E-state index in [-0.39, 0.29) is 22.6 Å². The summed E-state index contributed by atoms with van der Waals surface area (Å²) in [5, 5.41) is 14.5. The van der Waals surface area contributed by atoms with Crippen LogP contribution in [0.25, 0.3) is 0 Å². The number of rotatable bonds is 6. The van der Waals surface area contributed by atoms with E-state index in [1.807, 2.05) is 48.2 Å². The lowest BCUT2D eigenvalue weighted by atomic mass is 10.2. The van der Waals surface area contributed by atoms with Crippen molar-refractivity contribution in [2.45, 2.75) is 13.0 Å². The summed E-state index contributed by atoms with van der Waals surface area (Å²) in [6.45, 7) is 4.82. The summed E-state index contributed by atoms with van der Waals surface area (Å²) >= 11 is 0. The Labute approximate surface area is 179 Å².